The first-order valence-corrected chi connectivity index (χ1v) is 9.79. The molecule has 0 N–H and O–H groups in total. The van der Waals surface area contributed by atoms with Gasteiger partial charge in [-0.2, -0.15) is 0 Å². The van der Waals surface area contributed by atoms with Crippen LogP contribution in [0.5, 0.6) is 11.5 Å². The fraction of sp³-hybridized carbons (Fsp3) is 0.136. The molecule has 0 saturated carbocycles. The maximum absolute atomic E-state index is 6.49. The van der Waals surface area contributed by atoms with Crippen LogP contribution in [0.2, 0.25) is 5.02 Å². The van der Waals surface area contributed by atoms with Gasteiger partial charge >= 0.3 is 0 Å². The van der Waals surface area contributed by atoms with E-state index in [2.05, 4.69) is 15.9 Å². The number of ether oxygens (including phenoxy) is 3. The van der Waals surface area contributed by atoms with Gasteiger partial charge in [0.2, 0.25) is 5.90 Å². The molecule has 0 aromatic heterocycles. The number of rotatable bonds is 4. The number of hydrogen-bond acceptors (Lipinski definition) is 4. The van der Waals surface area contributed by atoms with Crippen molar-refractivity contribution >= 4 is 39.1 Å². The summed E-state index contributed by atoms with van der Waals surface area (Å²) in [6.07, 6.45) is -0.421. The molecule has 1 aliphatic rings. The van der Waals surface area contributed by atoms with Crippen molar-refractivity contribution in [1.29, 1.82) is 0 Å². The van der Waals surface area contributed by atoms with Gasteiger partial charge in [0.1, 0.15) is 0 Å². The Balaban J connectivity index is 1.92. The van der Waals surface area contributed by atoms with Gasteiger partial charge in [0.05, 0.1) is 19.9 Å². The molecule has 0 unspecified atom stereocenters. The van der Waals surface area contributed by atoms with Crippen molar-refractivity contribution in [3.05, 3.63) is 86.8 Å². The quantitative estimate of drug-likeness (QED) is 0.459. The maximum atomic E-state index is 6.49. The summed E-state index contributed by atoms with van der Waals surface area (Å²) < 4.78 is 18.2. The van der Waals surface area contributed by atoms with Crippen LogP contribution in [-0.4, -0.2) is 20.1 Å². The van der Waals surface area contributed by atoms with E-state index in [9.17, 15) is 0 Å². The van der Waals surface area contributed by atoms with Crippen LogP contribution in [0.3, 0.4) is 0 Å². The molecule has 0 fully saturated rings. The molecule has 4 rings (SSSR count). The van der Waals surface area contributed by atoms with Gasteiger partial charge in [0.15, 0.2) is 17.6 Å². The monoisotopic (exact) mass is 457 g/mol. The van der Waals surface area contributed by atoms with Crippen LogP contribution in [0.25, 0.3) is 0 Å². The second-order valence-electron chi connectivity index (χ2n) is 6.21. The van der Waals surface area contributed by atoms with Crippen LogP contribution in [-0.2, 0) is 4.74 Å². The normalized spacial score (nSPS) is 15.3. The standard InChI is InChI=1S/C22H17BrClNO3/c1-26-19-11-16-18(12-20(19)27-2)25-22(13-6-5-7-14(23)10-13)28-21(16)15-8-3-4-9-17(15)24/h3-12,21H,1-2H3/t21-/m1/s1. The van der Waals surface area contributed by atoms with Crippen molar-refractivity contribution in [3.8, 4) is 11.5 Å². The van der Waals surface area contributed by atoms with Crippen molar-refractivity contribution < 1.29 is 14.2 Å². The summed E-state index contributed by atoms with van der Waals surface area (Å²) in [6.45, 7) is 0. The molecule has 0 spiro atoms. The molecule has 0 radical (unpaired) electrons. The van der Waals surface area contributed by atoms with Crippen molar-refractivity contribution in [2.24, 2.45) is 4.99 Å². The Morgan fingerprint density at radius 1 is 0.929 bits per heavy atom. The van der Waals surface area contributed by atoms with Gasteiger partial charge in [-0.05, 0) is 30.3 Å². The fourth-order valence-electron chi connectivity index (χ4n) is 3.17. The van der Waals surface area contributed by atoms with E-state index < -0.39 is 6.10 Å². The summed E-state index contributed by atoms with van der Waals surface area (Å²) in [5.41, 5.74) is 3.35. The lowest BCUT2D eigenvalue weighted by atomic mass is 9.97. The third kappa shape index (κ3) is 3.48. The van der Waals surface area contributed by atoms with Crippen molar-refractivity contribution in [3.63, 3.8) is 0 Å². The van der Waals surface area contributed by atoms with E-state index in [-0.39, 0.29) is 0 Å². The number of halogens is 2. The van der Waals surface area contributed by atoms with Crippen molar-refractivity contribution in [2.45, 2.75) is 6.10 Å². The van der Waals surface area contributed by atoms with E-state index in [1.165, 1.54) is 0 Å². The molecule has 1 atom stereocenters. The third-order valence-corrected chi connectivity index (χ3v) is 5.36. The predicted molar refractivity (Wildman–Crippen MR) is 114 cm³/mol. The molecule has 6 heteroatoms. The maximum Gasteiger partial charge on any atom is 0.222 e. The second-order valence-corrected chi connectivity index (χ2v) is 7.54. The van der Waals surface area contributed by atoms with E-state index >= 15 is 0 Å². The summed E-state index contributed by atoms with van der Waals surface area (Å²) in [7, 11) is 3.21. The molecule has 0 bridgehead atoms. The summed E-state index contributed by atoms with van der Waals surface area (Å²) in [5.74, 6) is 1.74. The van der Waals surface area contributed by atoms with Crippen LogP contribution in [0.1, 0.15) is 22.8 Å². The Morgan fingerprint density at radius 2 is 1.68 bits per heavy atom. The molecular weight excluding hydrogens is 442 g/mol. The zero-order valence-electron chi connectivity index (χ0n) is 15.3. The highest BCUT2D eigenvalue weighted by atomic mass is 79.9. The largest absolute Gasteiger partial charge is 0.493 e. The van der Waals surface area contributed by atoms with Crippen molar-refractivity contribution in [1.82, 2.24) is 0 Å². The lowest BCUT2D eigenvalue weighted by Crippen LogP contribution is -2.18. The Hall–Kier alpha value is -2.50. The van der Waals surface area contributed by atoms with Crippen molar-refractivity contribution in [2.75, 3.05) is 14.2 Å². The number of hydrogen-bond donors (Lipinski definition) is 0. The van der Waals surface area contributed by atoms with Gasteiger partial charge < -0.3 is 14.2 Å². The Kier molecular flexibility index (Phi) is 5.29. The first-order chi connectivity index (χ1) is 13.6. The number of aliphatic imine (C=N–C) groups is 1. The average molecular weight is 459 g/mol. The SMILES string of the molecule is COc1cc2c(cc1OC)[C@@H](c1ccccc1Cl)OC(c1cccc(Br)c1)=N2. The van der Waals surface area contributed by atoms with Gasteiger partial charge in [-0.3, -0.25) is 0 Å². The molecule has 3 aromatic rings. The minimum atomic E-state index is -0.421. The molecular formula is C22H17BrClNO3. The van der Waals surface area contributed by atoms with Gasteiger partial charge in [-0.1, -0.05) is 51.8 Å². The zero-order chi connectivity index (χ0) is 19.7. The second kappa shape index (κ2) is 7.86. The number of nitrogens with zero attached hydrogens (tertiary/aromatic N) is 1. The van der Waals surface area contributed by atoms with E-state index in [1.54, 1.807) is 14.2 Å². The summed E-state index contributed by atoms with van der Waals surface area (Å²) in [6, 6.07) is 19.2. The lowest BCUT2D eigenvalue weighted by Gasteiger charge is -2.28. The average Bonchev–Trinajstić information content (AvgIpc) is 2.72. The summed E-state index contributed by atoms with van der Waals surface area (Å²) in [5, 5.41) is 0.628. The predicted octanol–water partition coefficient (Wildman–Crippen LogP) is 6.32. The highest BCUT2D eigenvalue weighted by Gasteiger charge is 2.29. The van der Waals surface area contributed by atoms with E-state index in [1.807, 2.05) is 60.7 Å². The molecule has 1 aliphatic heterocycles. The Labute approximate surface area is 176 Å². The van der Waals surface area contributed by atoms with E-state index in [4.69, 9.17) is 30.8 Å². The molecule has 0 saturated heterocycles. The van der Waals surface area contributed by atoms with E-state index in [0.29, 0.717) is 22.4 Å². The van der Waals surface area contributed by atoms with Gasteiger partial charge in [-0.25, -0.2) is 4.99 Å². The fourth-order valence-corrected chi connectivity index (χ4v) is 3.81. The van der Waals surface area contributed by atoms with Crippen LogP contribution in [0, 0.1) is 0 Å². The number of methoxy groups -OCH3 is 2. The minimum absolute atomic E-state index is 0.421. The molecule has 0 amide bonds. The van der Waals surface area contributed by atoms with Gasteiger partial charge in [0.25, 0.3) is 0 Å². The Bertz CT molecular complexity index is 1070. The highest BCUT2D eigenvalue weighted by molar-refractivity contribution is 9.10. The van der Waals surface area contributed by atoms with Gasteiger partial charge in [0, 0.05) is 32.3 Å². The molecule has 3 aromatic carbocycles. The minimum Gasteiger partial charge on any atom is -0.493 e. The number of benzene rings is 3. The summed E-state index contributed by atoms with van der Waals surface area (Å²) >= 11 is 10.00. The van der Waals surface area contributed by atoms with Crippen LogP contribution in [0.15, 0.2) is 70.1 Å². The third-order valence-electron chi connectivity index (χ3n) is 4.53. The smallest absolute Gasteiger partial charge is 0.222 e. The number of fused-ring (bicyclic) bond motifs is 1. The van der Waals surface area contributed by atoms with Crippen LogP contribution in [0.4, 0.5) is 5.69 Å². The van der Waals surface area contributed by atoms with Crippen LogP contribution < -0.4 is 9.47 Å². The molecule has 0 aliphatic carbocycles. The molecule has 142 valence electrons. The first kappa shape index (κ1) is 18.8. The lowest BCUT2D eigenvalue weighted by molar-refractivity contribution is 0.228. The van der Waals surface area contributed by atoms with Gasteiger partial charge in [-0.15, -0.1) is 0 Å². The molecule has 1 heterocycles. The Morgan fingerprint density at radius 3 is 2.39 bits per heavy atom. The summed E-state index contributed by atoms with van der Waals surface area (Å²) in [4.78, 5) is 4.74. The first-order valence-electron chi connectivity index (χ1n) is 8.62. The topological polar surface area (TPSA) is 40.0 Å². The zero-order valence-corrected chi connectivity index (χ0v) is 17.6. The molecule has 28 heavy (non-hydrogen) atoms. The van der Waals surface area contributed by atoms with Crippen LogP contribution >= 0.6 is 27.5 Å². The van der Waals surface area contributed by atoms with E-state index in [0.717, 1.165) is 26.9 Å². The molecule has 4 nitrogen and oxygen atoms in total. The highest BCUT2D eigenvalue weighted by Crippen LogP contribution is 2.45.